The van der Waals surface area contributed by atoms with Crippen molar-refractivity contribution in [2.24, 2.45) is 0 Å². The number of benzene rings is 2. The Kier molecular flexibility index (Phi) is 7.83. The van der Waals surface area contributed by atoms with Crippen LogP contribution in [0.4, 0.5) is 0 Å². The third kappa shape index (κ3) is 5.55. The Bertz CT molecular complexity index is 1180. The molecule has 6 heteroatoms. The van der Waals surface area contributed by atoms with Gasteiger partial charge < -0.3 is 9.80 Å². The highest BCUT2D eigenvalue weighted by atomic mass is 32.1. The van der Waals surface area contributed by atoms with Crippen molar-refractivity contribution in [1.29, 1.82) is 0 Å². The number of carbonyl (C=O) groups is 2. The Balaban J connectivity index is 1.14. The lowest BCUT2D eigenvalue weighted by Gasteiger charge is -2.38. The molecule has 2 aliphatic heterocycles. The molecule has 0 radical (unpaired) electrons. The van der Waals surface area contributed by atoms with E-state index < -0.39 is 0 Å². The van der Waals surface area contributed by atoms with Crippen LogP contribution < -0.4 is 0 Å². The minimum absolute atomic E-state index is 0.187. The van der Waals surface area contributed by atoms with Crippen LogP contribution in [0.1, 0.15) is 46.0 Å². The monoisotopic (exact) mass is 501 g/mol. The minimum atomic E-state index is 0.187. The van der Waals surface area contributed by atoms with Gasteiger partial charge in [-0.15, -0.1) is 11.3 Å². The van der Waals surface area contributed by atoms with Crippen molar-refractivity contribution in [3.63, 3.8) is 0 Å². The number of hydrogen-bond acceptors (Lipinski definition) is 4. The number of hydrogen-bond donors (Lipinski definition) is 0. The van der Waals surface area contributed by atoms with Crippen molar-refractivity contribution in [3.8, 4) is 0 Å². The zero-order valence-corrected chi connectivity index (χ0v) is 21.9. The minimum Gasteiger partial charge on any atom is -0.339 e. The van der Waals surface area contributed by atoms with Crippen LogP contribution in [0, 0.1) is 6.92 Å². The van der Waals surface area contributed by atoms with Crippen LogP contribution in [0.25, 0.3) is 0 Å². The molecular formula is C30H35N3O2S. The van der Waals surface area contributed by atoms with Crippen LogP contribution in [0.15, 0.2) is 66.0 Å². The molecule has 3 aromatic rings. The van der Waals surface area contributed by atoms with E-state index in [1.807, 2.05) is 39.3 Å². The zero-order valence-electron chi connectivity index (χ0n) is 21.1. The van der Waals surface area contributed by atoms with E-state index in [1.54, 1.807) is 0 Å². The van der Waals surface area contributed by atoms with Crippen molar-refractivity contribution in [3.05, 3.63) is 93.2 Å². The van der Waals surface area contributed by atoms with E-state index in [1.165, 1.54) is 27.1 Å². The molecule has 0 bridgehead atoms. The van der Waals surface area contributed by atoms with E-state index in [4.69, 9.17) is 0 Å². The molecule has 2 aromatic carbocycles. The molecule has 1 atom stereocenters. The Morgan fingerprint density at radius 1 is 0.806 bits per heavy atom. The number of fused-ring (bicyclic) bond motifs is 1. The molecule has 0 spiro atoms. The summed E-state index contributed by atoms with van der Waals surface area (Å²) in [6, 6.07) is 21.2. The van der Waals surface area contributed by atoms with Gasteiger partial charge in [0.2, 0.25) is 11.8 Å². The SMILES string of the molecule is Cc1ccccc1C1c2ccsc2CCN1CCC(=O)N1CCN(C(=O)CCc2ccccc2)CC1. The van der Waals surface area contributed by atoms with Crippen LogP contribution >= 0.6 is 11.3 Å². The largest absolute Gasteiger partial charge is 0.339 e. The van der Waals surface area contributed by atoms with Gasteiger partial charge in [-0.05, 0) is 53.5 Å². The first-order valence-corrected chi connectivity index (χ1v) is 13.9. The lowest BCUT2D eigenvalue weighted by Crippen LogP contribution is -2.51. The van der Waals surface area contributed by atoms with Gasteiger partial charge in [0, 0.05) is 57.0 Å². The number of aryl methyl sites for hydroxylation is 2. The molecule has 2 amide bonds. The molecule has 3 heterocycles. The van der Waals surface area contributed by atoms with Crippen LogP contribution in [0.3, 0.4) is 0 Å². The van der Waals surface area contributed by atoms with Gasteiger partial charge in [0.25, 0.3) is 0 Å². The molecule has 36 heavy (non-hydrogen) atoms. The zero-order chi connectivity index (χ0) is 24.9. The molecule has 1 fully saturated rings. The van der Waals surface area contributed by atoms with E-state index in [9.17, 15) is 9.59 Å². The van der Waals surface area contributed by atoms with Crippen molar-refractivity contribution < 1.29 is 9.59 Å². The fourth-order valence-corrected chi connectivity index (χ4v) is 6.43. The van der Waals surface area contributed by atoms with Gasteiger partial charge in [0.1, 0.15) is 0 Å². The second-order valence-corrected chi connectivity index (χ2v) is 10.8. The van der Waals surface area contributed by atoms with Crippen LogP contribution in [-0.4, -0.2) is 65.8 Å². The normalized spacial score (nSPS) is 18.2. The predicted molar refractivity (Wildman–Crippen MR) is 145 cm³/mol. The smallest absolute Gasteiger partial charge is 0.223 e. The summed E-state index contributed by atoms with van der Waals surface area (Å²) >= 11 is 1.85. The summed E-state index contributed by atoms with van der Waals surface area (Å²) in [6.07, 6.45) is 2.86. The molecule has 2 aliphatic rings. The highest BCUT2D eigenvalue weighted by Gasteiger charge is 2.31. The van der Waals surface area contributed by atoms with E-state index in [-0.39, 0.29) is 17.9 Å². The summed E-state index contributed by atoms with van der Waals surface area (Å²) in [4.78, 5) is 33.6. The standard InChI is InChI=1S/C30H35N3O2S/c1-23-7-5-6-10-25(23)30-26-15-22-36-27(26)13-16-33(30)17-14-29(35)32-20-18-31(19-21-32)28(34)12-11-24-8-3-2-4-9-24/h2-10,15,22,30H,11-14,16-21H2,1H3. The Hall–Kier alpha value is -2.96. The second-order valence-electron chi connectivity index (χ2n) is 9.84. The average molecular weight is 502 g/mol. The molecule has 0 aliphatic carbocycles. The molecule has 1 aromatic heterocycles. The fourth-order valence-electron chi connectivity index (χ4n) is 5.52. The maximum Gasteiger partial charge on any atom is 0.223 e. The lowest BCUT2D eigenvalue weighted by molar-refractivity contribution is -0.139. The van der Waals surface area contributed by atoms with Gasteiger partial charge in [-0.2, -0.15) is 0 Å². The average Bonchev–Trinajstić information content (AvgIpc) is 3.40. The topological polar surface area (TPSA) is 43.9 Å². The van der Waals surface area contributed by atoms with Gasteiger partial charge in [-0.1, -0.05) is 54.6 Å². The van der Waals surface area contributed by atoms with Crippen LogP contribution in [0.2, 0.25) is 0 Å². The maximum atomic E-state index is 13.1. The molecule has 188 valence electrons. The van der Waals surface area contributed by atoms with Crippen LogP contribution in [-0.2, 0) is 22.4 Å². The summed E-state index contributed by atoms with van der Waals surface area (Å²) in [5.74, 6) is 0.387. The summed E-state index contributed by atoms with van der Waals surface area (Å²) in [6.45, 7) is 6.44. The molecular weight excluding hydrogens is 466 g/mol. The Labute approximate surface area is 218 Å². The molecule has 0 saturated carbocycles. The van der Waals surface area contributed by atoms with Crippen molar-refractivity contribution in [1.82, 2.24) is 14.7 Å². The lowest BCUT2D eigenvalue weighted by atomic mass is 9.90. The first kappa shape index (κ1) is 24.7. The van der Waals surface area contributed by atoms with E-state index in [2.05, 4.69) is 59.7 Å². The Morgan fingerprint density at radius 2 is 1.47 bits per heavy atom. The molecule has 1 unspecified atom stereocenters. The summed E-state index contributed by atoms with van der Waals surface area (Å²) in [7, 11) is 0. The van der Waals surface area contributed by atoms with Gasteiger partial charge in [-0.25, -0.2) is 0 Å². The van der Waals surface area contributed by atoms with Crippen molar-refractivity contribution in [2.45, 2.75) is 38.6 Å². The number of piperazine rings is 1. The molecule has 5 nitrogen and oxygen atoms in total. The number of carbonyl (C=O) groups excluding carboxylic acids is 2. The van der Waals surface area contributed by atoms with Crippen LogP contribution in [0.5, 0.6) is 0 Å². The fraction of sp³-hybridized carbons (Fsp3) is 0.400. The third-order valence-electron chi connectivity index (χ3n) is 7.62. The van der Waals surface area contributed by atoms with Crippen molar-refractivity contribution >= 4 is 23.2 Å². The predicted octanol–water partition coefficient (Wildman–Crippen LogP) is 4.70. The van der Waals surface area contributed by atoms with Gasteiger partial charge in [-0.3, -0.25) is 14.5 Å². The van der Waals surface area contributed by atoms with E-state index in [0.29, 0.717) is 39.0 Å². The molecule has 0 N–H and O–H groups in total. The highest BCUT2D eigenvalue weighted by molar-refractivity contribution is 7.10. The number of amides is 2. The molecule has 1 saturated heterocycles. The Morgan fingerprint density at radius 3 is 2.19 bits per heavy atom. The van der Waals surface area contributed by atoms with E-state index in [0.717, 1.165) is 25.9 Å². The van der Waals surface area contributed by atoms with Gasteiger partial charge in [0.05, 0.1) is 6.04 Å². The summed E-state index contributed by atoms with van der Waals surface area (Å²) in [5.41, 5.74) is 5.23. The number of nitrogens with zero attached hydrogens (tertiary/aromatic N) is 3. The molecule has 5 rings (SSSR count). The number of thiophene rings is 1. The van der Waals surface area contributed by atoms with E-state index >= 15 is 0 Å². The first-order valence-electron chi connectivity index (χ1n) is 13.1. The van der Waals surface area contributed by atoms with Gasteiger partial charge >= 0.3 is 0 Å². The first-order chi connectivity index (χ1) is 17.6. The number of rotatable bonds is 7. The quantitative estimate of drug-likeness (QED) is 0.472. The highest BCUT2D eigenvalue weighted by Crippen LogP contribution is 2.38. The third-order valence-corrected chi connectivity index (χ3v) is 8.61. The summed E-state index contributed by atoms with van der Waals surface area (Å²) in [5, 5.41) is 2.20. The summed E-state index contributed by atoms with van der Waals surface area (Å²) < 4.78 is 0. The van der Waals surface area contributed by atoms with Gasteiger partial charge in [0.15, 0.2) is 0 Å². The maximum absolute atomic E-state index is 13.1. The second kappa shape index (κ2) is 11.4. The van der Waals surface area contributed by atoms with Crippen molar-refractivity contribution in [2.75, 3.05) is 39.3 Å².